The van der Waals surface area contributed by atoms with Gasteiger partial charge in [-0.1, -0.05) is 11.8 Å². The van der Waals surface area contributed by atoms with Crippen LogP contribution in [-0.2, 0) is 4.79 Å². The van der Waals surface area contributed by atoms with E-state index in [9.17, 15) is 18.0 Å². The number of rotatable bonds is 5. The Morgan fingerprint density at radius 2 is 2.00 bits per heavy atom. The maximum atomic E-state index is 13.7. The molecule has 142 valence electrons. The molecule has 0 aliphatic rings. The number of nitrogens with one attached hydrogen (secondary N) is 1. The monoisotopic (exact) mass is 397 g/mol. The summed E-state index contributed by atoms with van der Waals surface area (Å²) in [4.78, 5) is 12.2. The van der Waals surface area contributed by atoms with Crippen molar-refractivity contribution in [1.29, 1.82) is 0 Å². The maximum Gasteiger partial charge on any atom is 0.237 e. The Morgan fingerprint density at radius 1 is 1.26 bits per heavy atom. The Balaban J connectivity index is 1.73. The van der Waals surface area contributed by atoms with Crippen LogP contribution in [0.5, 0.6) is 0 Å². The summed E-state index contributed by atoms with van der Waals surface area (Å²) >= 11 is 0.966. The van der Waals surface area contributed by atoms with Crippen LogP contribution in [0.4, 0.5) is 18.9 Å². The lowest BCUT2D eigenvalue weighted by Gasteiger charge is -2.12. The van der Waals surface area contributed by atoms with Gasteiger partial charge in [-0.3, -0.25) is 4.79 Å². The van der Waals surface area contributed by atoms with Crippen molar-refractivity contribution in [3.05, 3.63) is 47.7 Å². The van der Waals surface area contributed by atoms with Crippen LogP contribution in [0.15, 0.2) is 34.0 Å². The number of halogens is 3. The number of carbonyl (C=O) groups excluding carboxylic acids is 1. The highest BCUT2D eigenvalue weighted by Crippen LogP contribution is 2.28. The zero-order chi connectivity index (χ0) is 19.7. The van der Waals surface area contributed by atoms with Gasteiger partial charge in [0.1, 0.15) is 5.76 Å². The zero-order valence-electron chi connectivity index (χ0n) is 14.2. The molecule has 0 aliphatic heterocycles. The number of benzene rings is 1. The molecule has 0 spiro atoms. The minimum Gasteiger partial charge on any atom is -0.469 e. The first kappa shape index (κ1) is 18.8. The van der Waals surface area contributed by atoms with E-state index < -0.39 is 34.3 Å². The van der Waals surface area contributed by atoms with Gasteiger partial charge in [0.2, 0.25) is 11.1 Å². The summed E-state index contributed by atoms with van der Waals surface area (Å²) in [6, 6.07) is 3.34. The molecular formula is C16H14F3N5O2S. The van der Waals surface area contributed by atoms with E-state index in [4.69, 9.17) is 10.3 Å². The van der Waals surface area contributed by atoms with E-state index in [0.29, 0.717) is 17.1 Å². The van der Waals surface area contributed by atoms with Crippen LogP contribution in [0.3, 0.4) is 0 Å². The second-order valence-corrected chi connectivity index (χ2v) is 6.85. The van der Waals surface area contributed by atoms with E-state index in [1.54, 1.807) is 13.0 Å². The van der Waals surface area contributed by atoms with Crippen molar-refractivity contribution >= 4 is 23.4 Å². The van der Waals surface area contributed by atoms with Gasteiger partial charge < -0.3 is 15.6 Å². The average molecular weight is 397 g/mol. The smallest absolute Gasteiger partial charge is 0.237 e. The summed E-state index contributed by atoms with van der Waals surface area (Å²) in [5, 5.41) is 9.57. The number of hydrogen-bond acceptors (Lipinski definition) is 6. The molecule has 1 unspecified atom stereocenters. The van der Waals surface area contributed by atoms with Crippen LogP contribution in [0.25, 0.3) is 11.4 Å². The Kier molecular flexibility index (Phi) is 5.13. The Labute approximate surface area is 155 Å². The van der Waals surface area contributed by atoms with Crippen molar-refractivity contribution in [1.82, 2.24) is 14.9 Å². The van der Waals surface area contributed by atoms with E-state index in [-0.39, 0.29) is 5.16 Å². The fourth-order valence-electron chi connectivity index (χ4n) is 2.23. The lowest BCUT2D eigenvalue weighted by Crippen LogP contribution is -2.24. The first-order valence-electron chi connectivity index (χ1n) is 7.65. The van der Waals surface area contributed by atoms with Crippen LogP contribution in [0, 0.1) is 24.4 Å². The summed E-state index contributed by atoms with van der Waals surface area (Å²) in [5.74, 6) is 1.81. The largest absolute Gasteiger partial charge is 0.469 e. The zero-order valence-corrected chi connectivity index (χ0v) is 15.0. The number of aryl methyl sites for hydroxylation is 1. The van der Waals surface area contributed by atoms with Crippen LogP contribution < -0.4 is 11.2 Å². The van der Waals surface area contributed by atoms with Gasteiger partial charge in [0, 0.05) is 0 Å². The third kappa shape index (κ3) is 3.63. The SMILES string of the molecule is Cc1occc1-c1nnc(SC(C)C(=O)Nc2ccc(F)c(F)c2F)n1N. The number of furan rings is 1. The first-order chi connectivity index (χ1) is 12.8. The fraction of sp³-hybridized carbons (Fsp3) is 0.188. The van der Waals surface area contributed by atoms with Crippen molar-refractivity contribution in [2.75, 3.05) is 11.2 Å². The lowest BCUT2D eigenvalue weighted by molar-refractivity contribution is -0.115. The molecule has 3 aromatic rings. The number of aromatic nitrogens is 3. The third-order valence-corrected chi connectivity index (χ3v) is 4.77. The van der Waals surface area contributed by atoms with Gasteiger partial charge in [-0.2, -0.15) is 0 Å². The van der Waals surface area contributed by atoms with Gasteiger partial charge in [-0.25, -0.2) is 17.8 Å². The molecule has 11 heteroatoms. The van der Waals surface area contributed by atoms with E-state index in [1.165, 1.54) is 17.9 Å². The number of thioether (sulfide) groups is 1. The van der Waals surface area contributed by atoms with E-state index in [2.05, 4.69) is 15.5 Å². The quantitative estimate of drug-likeness (QED) is 0.390. The molecule has 1 aromatic carbocycles. The molecule has 3 rings (SSSR count). The predicted octanol–water partition coefficient (Wildman–Crippen LogP) is 3.10. The van der Waals surface area contributed by atoms with Gasteiger partial charge in [0.05, 0.1) is 22.8 Å². The van der Waals surface area contributed by atoms with Crippen LogP contribution in [0.2, 0.25) is 0 Å². The normalized spacial score (nSPS) is 12.2. The number of carbonyl (C=O) groups is 1. The number of anilines is 1. The van der Waals surface area contributed by atoms with Crippen LogP contribution in [-0.4, -0.2) is 26.0 Å². The number of nitrogens with two attached hydrogens (primary N) is 1. The minimum atomic E-state index is -1.66. The second-order valence-electron chi connectivity index (χ2n) is 5.54. The van der Waals surface area contributed by atoms with Crippen molar-refractivity contribution in [2.24, 2.45) is 0 Å². The number of hydrogen-bond donors (Lipinski definition) is 2. The topological polar surface area (TPSA) is 99.0 Å². The van der Waals surface area contributed by atoms with E-state index in [1.807, 2.05) is 0 Å². The predicted molar refractivity (Wildman–Crippen MR) is 92.9 cm³/mol. The van der Waals surface area contributed by atoms with Gasteiger partial charge >= 0.3 is 0 Å². The molecule has 0 saturated heterocycles. The van der Waals surface area contributed by atoms with Gasteiger partial charge in [-0.15, -0.1) is 10.2 Å². The molecular weight excluding hydrogens is 383 g/mol. The minimum absolute atomic E-state index is 0.235. The molecule has 27 heavy (non-hydrogen) atoms. The van der Waals surface area contributed by atoms with Gasteiger partial charge in [0.25, 0.3) is 0 Å². The first-order valence-corrected chi connectivity index (χ1v) is 8.53. The highest BCUT2D eigenvalue weighted by Gasteiger charge is 2.23. The highest BCUT2D eigenvalue weighted by atomic mass is 32.2. The summed E-state index contributed by atoms with van der Waals surface area (Å²) in [6.07, 6.45) is 1.48. The molecule has 2 aromatic heterocycles. The molecule has 0 saturated carbocycles. The van der Waals surface area contributed by atoms with Crippen molar-refractivity contribution < 1.29 is 22.4 Å². The maximum absolute atomic E-state index is 13.7. The highest BCUT2D eigenvalue weighted by molar-refractivity contribution is 8.00. The Hall–Kier alpha value is -2.95. The molecule has 2 heterocycles. The lowest BCUT2D eigenvalue weighted by atomic mass is 10.2. The molecule has 3 N–H and O–H groups in total. The summed E-state index contributed by atoms with van der Waals surface area (Å²) in [5.41, 5.74) is 0.188. The molecule has 7 nitrogen and oxygen atoms in total. The van der Waals surface area contributed by atoms with E-state index >= 15 is 0 Å². The molecule has 1 atom stereocenters. The summed E-state index contributed by atoms with van der Waals surface area (Å²) in [7, 11) is 0. The number of nitrogen functional groups attached to an aromatic ring is 1. The fourth-order valence-corrected chi connectivity index (χ4v) is 3.00. The summed E-state index contributed by atoms with van der Waals surface area (Å²) in [6.45, 7) is 3.26. The second kappa shape index (κ2) is 7.35. The van der Waals surface area contributed by atoms with Crippen LogP contribution in [0.1, 0.15) is 12.7 Å². The number of nitrogens with zero attached hydrogens (tertiary/aromatic N) is 3. The molecule has 0 bridgehead atoms. The molecule has 0 aliphatic carbocycles. The average Bonchev–Trinajstić information content (AvgIpc) is 3.21. The van der Waals surface area contributed by atoms with E-state index in [0.717, 1.165) is 23.9 Å². The van der Waals surface area contributed by atoms with Crippen molar-refractivity contribution in [3.63, 3.8) is 0 Å². The Bertz CT molecular complexity index is 1000. The summed E-state index contributed by atoms with van der Waals surface area (Å²) < 4.78 is 46.3. The molecule has 0 fully saturated rings. The van der Waals surface area contributed by atoms with Gasteiger partial charge in [0.15, 0.2) is 23.3 Å². The Morgan fingerprint density at radius 3 is 2.67 bits per heavy atom. The standard InChI is InChI=1S/C16H14F3N5O2S/c1-7-9(5-6-26-7)14-22-23-16(24(14)20)27-8(2)15(25)21-11-4-3-10(17)12(18)13(11)19/h3-6,8H,20H2,1-2H3,(H,21,25). The van der Waals surface area contributed by atoms with Crippen molar-refractivity contribution in [3.8, 4) is 11.4 Å². The number of amides is 1. The molecule has 0 radical (unpaired) electrons. The third-order valence-electron chi connectivity index (χ3n) is 3.71. The van der Waals surface area contributed by atoms with Crippen LogP contribution >= 0.6 is 11.8 Å². The molecule has 1 amide bonds. The van der Waals surface area contributed by atoms with Crippen molar-refractivity contribution in [2.45, 2.75) is 24.3 Å². The van der Waals surface area contributed by atoms with Gasteiger partial charge in [-0.05, 0) is 32.0 Å².